The first kappa shape index (κ1) is 15.3. The lowest BCUT2D eigenvalue weighted by Gasteiger charge is -2.09. The molecule has 0 N–H and O–H groups in total. The van der Waals surface area contributed by atoms with E-state index in [4.69, 9.17) is 11.6 Å². The van der Waals surface area contributed by atoms with Gasteiger partial charge in [0, 0.05) is 27.5 Å². The van der Waals surface area contributed by atoms with Gasteiger partial charge in [-0.25, -0.2) is 4.98 Å². The van der Waals surface area contributed by atoms with E-state index in [9.17, 15) is 21.6 Å². The Hall–Kier alpha value is -1.06. The molecule has 0 fully saturated rings. The molecule has 0 atom stereocenters. The van der Waals surface area contributed by atoms with Gasteiger partial charge >= 0.3 is 15.6 Å². The number of rotatable bonds is 2. The van der Waals surface area contributed by atoms with Crippen LogP contribution in [0.2, 0.25) is 5.02 Å². The van der Waals surface area contributed by atoms with Crippen molar-refractivity contribution in [3.05, 3.63) is 33.9 Å². The van der Waals surface area contributed by atoms with Crippen molar-refractivity contribution < 1.29 is 25.8 Å². The van der Waals surface area contributed by atoms with E-state index in [2.05, 4.69) is 25.1 Å². The monoisotopic (exact) mass is 389 g/mol. The fraction of sp³-hybridized carbons (Fsp3) is 0.100. The van der Waals surface area contributed by atoms with Gasteiger partial charge in [-0.15, -0.1) is 0 Å². The fourth-order valence-corrected chi connectivity index (χ4v) is 2.44. The molecule has 0 saturated heterocycles. The summed E-state index contributed by atoms with van der Waals surface area (Å²) in [5.74, 6) is -0.696. The van der Waals surface area contributed by atoms with Crippen LogP contribution in [0.15, 0.2) is 28.9 Å². The minimum atomic E-state index is -5.75. The highest BCUT2D eigenvalue weighted by Crippen LogP contribution is 2.33. The summed E-state index contributed by atoms with van der Waals surface area (Å²) in [5, 5.41) is 1.14. The first-order valence-corrected chi connectivity index (χ1v) is 7.44. The zero-order chi connectivity index (χ0) is 15.1. The quantitative estimate of drug-likeness (QED) is 0.577. The minimum Gasteiger partial charge on any atom is -0.355 e. The Labute approximate surface area is 124 Å². The van der Waals surface area contributed by atoms with Crippen LogP contribution in [0.3, 0.4) is 0 Å². The van der Waals surface area contributed by atoms with E-state index < -0.39 is 21.5 Å². The normalized spacial score (nSPS) is 12.7. The standard InChI is InChI=1S/C10H4BrClF3NO3S/c11-7-1-2-8(12)6-4-16-9(3-5(6)7)19-20(17,18)10(13,14)15/h1-4H. The predicted molar refractivity (Wildman–Crippen MR) is 70.1 cm³/mol. The SMILES string of the molecule is O=S(=O)(Oc1cc2c(Br)ccc(Cl)c2cn1)C(F)(F)F. The summed E-state index contributed by atoms with van der Waals surface area (Å²) in [7, 11) is -5.75. The molecule has 0 radical (unpaired) electrons. The smallest absolute Gasteiger partial charge is 0.355 e. The van der Waals surface area contributed by atoms with E-state index in [1.54, 1.807) is 12.1 Å². The van der Waals surface area contributed by atoms with Crippen molar-refractivity contribution in [3.63, 3.8) is 0 Å². The topological polar surface area (TPSA) is 56.3 Å². The highest BCUT2D eigenvalue weighted by Gasteiger charge is 2.48. The van der Waals surface area contributed by atoms with Gasteiger partial charge < -0.3 is 4.18 Å². The molecule has 2 aromatic rings. The van der Waals surface area contributed by atoms with Crippen molar-refractivity contribution in [3.8, 4) is 5.88 Å². The summed E-state index contributed by atoms with van der Waals surface area (Å²) in [6.07, 6.45) is 1.13. The molecule has 1 aromatic carbocycles. The molecule has 108 valence electrons. The Morgan fingerprint density at radius 1 is 1.25 bits per heavy atom. The average molecular weight is 391 g/mol. The van der Waals surface area contributed by atoms with E-state index in [-0.39, 0.29) is 0 Å². The third-order valence-electron chi connectivity index (χ3n) is 2.25. The van der Waals surface area contributed by atoms with Gasteiger partial charge in [0.2, 0.25) is 5.88 Å². The number of hydrogen-bond acceptors (Lipinski definition) is 4. The molecule has 0 saturated carbocycles. The number of nitrogens with zero attached hydrogens (tertiary/aromatic N) is 1. The van der Waals surface area contributed by atoms with Crippen LogP contribution in [-0.4, -0.2) is 18.9 Å². The lowest BCUT2D eigenvalue weighted by molar-refractivity contribution is -0.0501. The molecule has 0 bridgehead atoms. The van der Waals surface area contributed by atoms with Crippen molar-refractivity contribution in [2.45, 2.75) is 5.51 Å². The van der Waals surface area contributed by atoms with Crippen LogP contribution in [-0.2, 0) is 10.1 Å². The Kier molecular flexibility index (Phi) is 3.87. The molecule has 0 amide bonds. The maximum Gasteiger partial charge on any atom is 0.534 e. The fourth-order valence-electron chi connectivity index (χ4n) is 1.36. The van der Waals surface area contributed by atoms with Gasteiger partial charge in [0.25, 0.3) is 0 Å². The number of hydrogen-bond donors (Lipinski definition) is 0. The molecule has 2 rings (SSSR count). The third kappa shape index (κ3) is 2.84. The summed E-state index contributed by atoms with van der Waals surface area (Å²) in [6, 6.07) is 4.17. The van der Waals surface area contributed by atoms with Gasteiger partial charge in [-0.05, 0) is 12.1 Å². The summed E-state index contributed by atoms with van der Waals surface area (Å²) in [5.41, 5.74) is -5.52. The average Bonchev–Trinajstić information content (AvgIpc) is 2.32. The highest BCUT2D eigenvalue weighted by atomic mass is 79.9. The molecule has 1 heterocycles. The summed E-state index contributed by atoms with van der Waals surface area (Å²) >= 11 is 9.06. The van der Waals surface area contributed by atoms with Gasteiger partial charge in [-0.2, -0.15) is 21.6 Å². The first-order valence-electron chi connectivity index (χ1n) is 4.86. The second-order valence-corrected chi connectivity index (χ2v) is 6.38. The summed E-state index contributed by atoms with van der Waals surface area (Å²) in [4.78, 5) is 3.50. The second-order valence-electron chi connectivity index (χ2n) is 3.58. The molecule has 1 aromatic heterocycles. The number of alkyl halides is 3. The predicted octanol–water partition coefficient (Wildman–Crippen LogP) is 3.88. The van der Waals surface area contributed by atoms with E-state index in [0.29, 0.717) is 20.3 Å². The Morgan fingerprint density at radius 3 is 2.50 bits per heavy atom. The maximum atomic E-state index is 12.2. The van der Waals surface area contributed by atoms with Crippen LogP contribution in [0.5, 0.6) is 5.88 Å². The van der Waals surface area contributed by atoms with Crippen LogP contribution < -0.4 is 4.18 Å². The molecule has 0 aliphatic rings. The molecule has 10 heteroatoms. The number of benzene rings is 1. The van der Waals surface area contributed by atoms with Crippen LogP contribution >= 0.6 is 27.5 Å². The number of aromatic nitrogens is 1. The Morgan fingerprint density at radius 2 is 1.90 bits per heavy atom. The molecular weight excluding hydrogens is 387 g/mol. The van der Waals surface area contributed by atoms with Crippen molar-refractivity contribution in [1.29, 1.82) is 0 Å². The summed E-state index contributed by atoms with van der Waals surface area (Å²) in [6.45, 7) is 0. The van der Waals surface area contributed by atoms with Crippen molar-refractivity contribution >= 4 is 48.4 Å². The number of halogens is 5. The Balaban J connectivity index is 2.51. The van der Waals surface area contributed by atoms with Crippen molar-refractivity contribution in [2.24, 2.45) is 0 Å². The third-order valence-corrected chi connectivity index (χ3v) is 4.23. The summed E-state index contributed by atoms with van der Waals surface area (Å²) < 4.78 is 62.8. The van der Waals surface area contributed by atoms with Crippen molar-refractivity contribution in [2.75, 3.05) is 0 Å². The molecule has 0 aliphatic carbocycles. The zero-order valence-corrected chi connectivity index (χ0v) is 12.4. The number of pyridine rings is 1. The van der Waals surface area contributed by atoms with Crippen LogP contribution in [0.25, 0.3) is 10.8 Å². The van der Waals surface area contributed by atoms with E-state index in [0.717, 1.165) is 12.3 Å². The van der Waals surface area contributed by atoms with Gasteiger partial charge in [-0.1, -0.05) is 27.5 Å². The highest BCUT2D eigenvalue weighted by molar-refractivity contribution is 9.10. The zero-order valence-electron chi connectivity index (χ0n) is 9.28. The maximum absolute atomic E-state index is 12.2. The Bertz CT molecular complexity index is 779. The lowest BCUT2D eigenvalue weighted by atomic mass is 10.2. The molecule has 4 nitrogen and oxygen atoms in total. The molecule has 20 heavy (non-hydrogen) atoms. The molecule has 0 unspecified atom stereocenters. The van der Waals surface area contributed by atoms with Crippen LogP contribution in [0, 0.1) is 0 Å². The lowest BCUT2D eigenvalue weighted by Crippen LogP contribution is -2.28. The van der Waals surface area contributed by atoms with Gasteiger partial charge in [0.05, 0.1) is 5.02 Å². The van der Waals surface area contributed by atoms with Crippen molar-refractivity contribution in [1.82, 2.24) is 4.98 Å². The second kappa shape index (κ2) is 5.05. The first-order chi connectivity index (χ1) is 9.12. The van der Waals surface area contributed by atoms with Gasteiger partial charge in [0.15, 0.2) is 0 Å². The molecular formula is C10H4BrClF3NO3S. The van der Waals surface area contributed by atoms with Gasteiger partial charge in [0.1, 0.15) is 0 Å². The van der Waals surface area contributed by atoms with Crippen LogP contribution in [0.1, 0.15) is 0 Å². The molecule has 0 spiro atoms. The molecule has 0 aliphatic heterocycles. The van der Waals surface area contributed by atoms with E-state index in [1.165, 1.54) is 0 Å². The van der Waals surface area contributed by atoms with Crippen LogP contribution in [0.4, 0.5) is 13.2 Å². The number of fused-ring (bicyclic) bond motifs is 1. The minimum absolute atomic E-state index is 0.320. The van der Waals surface area contributed by atoms with E-state index >= 15 is 0 Å². The van der Waals surface area contributed by atoms with E-state index in [1.807, 2.05) is 0 Å². The van der Waals surface area contributed by atoms with Gasteiger partial charge in [-0.3, -0.25) is 0 Å². The largest absolute Gasteiger partial charge is 0.534 e.